The van der Waals surface area contributed by atoms with Crippen LogP contribution in [-0.2, 0) is 10.1 Å². The molecular weight excluding hydrogens is 333 g/mol. The van der Waals surface area contributed by atoms with E-state index in [4.69, 9.17) is 27.4 Å². The van der Waals surface area contributed by atoms with E-state index in [1.165, 1.54) is 12.1 Å². The molecule has 0 fully saturated rings. The van der Waals surface area contributed by atoms with Crippen LogP contribution in [0.25, 0.3) is 0 Å². The lowest BCUT2D eigenvalue weighted by molar-refractivity contribution is 0.485. The number of halogens is 2. The summed E-state index contributed by atoms with van der Waals surface area (Å²) in [6.07, 6.45) is 0. The van der Waals surface area contributed by atoms with Crippen molar-refractivity contribution in [2.45, 2.75) is 25.7 Å². The van der Waals surface area contributed by atoms with E-state index >= 15 is 0 Å². The van der Waals surface area contributed by atoms with E-state index in [1.807, 2.05) is 6.92 Å². The van der Waals surface area contributed by atoms with Crippen molar-refractivity contribution in [2.24, 2.45) is 0 Å². The molecule has 0 aliphatic rings. The van der Waals surface area contributed by atoms with Crippen LogP contribution in [0.3, 0.4) is 0 Å². The number of aryl methyl sites for hydroxylation is 3. The first kappa shape index (κ1) is 16.1. The Labute approximate surface area is 133 Å². The molecule has 0 bridgehead atoms. The smallest absolute Gasteiger partial charge is 0.339 e. The molecule has 0 atom stereocenters. The van der Waals surface area contributed by atoms with Crippen molar-refractivity contribution in [1.82, 2.24) is 4.98 Å². The molecule has 4 nitrogen and oxygen atoms in total. The van der Waals surface area contributed by atoms with Gasteiger partial charge in [-0.1, -0.05) is 40.9 Å². The highest BCUT2D eigenvalue weighted by molar-refractivity contribution is 7.87. The summed E-state index contributed by atoms with van der Waals surface area (Å²) in [6, 6.07) is 6.30. The Bertz CT molecular complexity index is 761. The molecule has 0 N–H and O–H groups in total. The zero-order valence-electron chi connectivity index (χ0n) is 11.6. The lowest BCUT2D eigenvalue weighted by atomic mass is 10.2. The van der Waals surface area contributed by atoms with Gasteiger partial charge in [-0.3, -0.25) is 4.98 Å². The summed E-state index contributed by atoms with van der Waals surface area (Å²) in [5, 5.41) is 0.169. The molecule has 0 radical (unpaired) electrons. The van der Waals surface area contributed by atoms with Crippen molar-refractivity contribution in [3.8, 4) is 5.75 Å². The molecule has 112 valence electrons. The van der Waals surface area contributed by atoms with Crippen LogP contribution in [0.15, 0.2) is 29.2 Å². The first-order valence-corrected chi connectivity index (χ1v) is 8.22. The quantitative estimate of drug-likeness (QED) is 0.786. The Hall–Kier alpha value is -1.30. The molecule has 0 amide bonds. The van der Waals surface area contributed by atoms with E-state index < -0.39 is 10.1 Å². The van der Waals surface area contributed by atoms with E-state index in [0.717, 1.165) is 5.56 Å². The Kier molecular flexibility index (Phi) is 4.46. The third kappa shape index (κ3) is 3.31. The van der Waals surface area contributed by atoms with Gasteiger partial charge in [-0.2, -0.15) is 8.42 Å². The number of aromatic nitrogens is 1. The van der Waals surface area contributed by atoms with Crippen molar-refractivity contribution in [2.75, 3.05) is 0 Å². The Morgan fingerprint density at radius 2 is 1.43 bits per heavy atom. The van der Waals surface area contributed by atoms with Gasteiger partial charge in [0.15, 0.2) is 5.75 Å². The van der Waals surface area contributed by atoms with Crippen LogP contribution in [0.1, 0.15) is 17.0 Å². The minimum absolute atomic E-state index is 0.0346. The predicted octanol–water partition coefficient (Wildman–Crippen LogP) is 4.08. The van der Waals surface area contributed by atoms with E-state index in [0.29, 0.717) is 11.4 Å². The molecule has 0 saturated carbocycles. The van der Waals surface area contributed by atoms with Crippen molar-refractivity contribution in [1.29, 1.82) is 0 Å². The highest BCUT2D eigenvalue weighted by Crippen LogP contribution is 2.37. The zero-order chi connectivity index (χ0) is 15.8. The van der Waals surface area contributed by atoms with Gasteiger partial charge in [0.1, 0.15) is 14.9 Å². The average Bonchev–Trinajstić information content (AvgIpc) is 2.42. The fraction of sp³-hybridized carbons (Fsp3) is 0.214. The molecular formula is C14H13Cl2NO3S. The summed E-state index contributed by atoms with van der Waals surface area (Å²) in [7, 11) is -4.01. The highest BCUT2D eigenvalue weighted by Gasteiger charge is 2.23. The van der Waals surface area contributed by atoms with Crippen LogP contribution in [0.5, 0.6) is 5.75 Å². The van der Waals surface area contributed by atoms with Gasteiger partial charge in [0.25, 0.3) is 0 Å². The van der Waals surface area contributed by atoms with E-state index in [2.05, 4.69) is 4.98 Å². The summed E-state index contributed by atoms with van der Waals surface area (Å²) in [6.45, 7) is 5.16. The lowest BCUT2D eigenvalue weighted by Gasteiger charge is -2.12. The van der Waals surface area contributed by atoms with Crippen molar-refractivity contribution in [3.63, 3.8) is 0 Å². The zero-order valence-corrected chi connectivity index (χ0v) is 14.0. The second-order valence-electron chi connectivity index (χ2n) is 4.59. The maximum atomic E-state index is 12.3. The van der Waals surface area contributed by atoms with Gasteiger partial charge in [-0.25, -0.2) is 0 Å². The van der Waals surface area contributed by atoms with E-state index in [-0.39, 0.29) is 20.7 Å². The van der Waals surface area contributed by atoms with Crippen molar-refractivity contribution in [3.05, 3.63) is 51.3 Å². The summed E-state index contributed by atoms with van der Waals surface area (Å²) in [5.41, 5.74) is 1.85. The predicted molar refractivity (Wildman–Crippen MR) is 82.7 cm³/mol. The van der Waals surface area contributed by atoms with E-state index in [9.17, 15) is 8.42 Å². The van der Waals surface area contributed by atoms with Crippen LogP contribution in [0, 0.1) is 20.8 Å². The van der Waals surface area contributed by atoms with Gasteiger partial charge < -0.3 is 4.18 Å². The second kappa shape index (κ2) is 5.83. The Morgan fingerprint density at radius 3 is 1.90 bits per heavy atom. The van der Waals surface area contributed by atoms with Crippen LogP contribution in [0.4, 0.5) is 0 Å². The standard InChI is InChI=1S/C14H13Cl2NO3S/c1-8-4-6-11(7-5-8)21(18,19)20-14-12(15)9(2)17-10(3)13(14)16/h4-7H,1-3H3. The molecule has 0 spiro atoms. The SMILES string of the molecule is Cc1ccc(S(=O)(=O)Oc2c(Cl)c(C)nc(C)c2Cl)cc1. The minimum Gasteiger partial charge on any atom is -0.376 e. The minimum atomic E-state index is -4.01. The van der Waals surface area contributed by atoms with Gasteiger partial charge in [-0.15, -0.1) is 0 Å². The molecule has 1 aromatic heterocycles. The highest BCUT2D eigenvalue weighted by atomic mass is 35.5. The molecule has 7 heteroatoms. The molecule has 1 aromatic carbocycles. The molecule has 2 rings (SSSR count). The second-order valence-corrected chi connectivity index (χ2v) is 6.89. The number of nitrogens with zero attached hydrogens (tertiary/aromatic N) is 1. The fourth-order valence-electron chi connectivity index (χ4n) is 1.71. The number of hydrogen-bond acceptors (Lipinski definition) is 4. The summed E-state index contributed by atoms with van der Waals surface area (Å²) in [5.74, 6) is -0.0936. The van der Waals surface area contributed by atoms with Gasteiger partial charge in [-0.05, 0) is 32.9 Å². The topological polar surface area (TPSA) is 56.3 Å². The summed E-state index contributed by atoms with van der Waals surface area (Å²) >= 11 is 12.1. The average molecular weight is 346 g/mol. The number of pyridine rings is 1. The third-order valence-electron chi connectivity index (χ3n) is 2.87. The van der Waals surface area contributed by atoms with Gasteiger partial charge in [0.2, 0.25) is 0 Å². The maximum Gasteiger partial charge on any atom is 0.339 e. The Balaban J connectivity index is 2.49. The molecule has 1 heterocycles. The van der Waals surface area contributed by atoms with Crippen LogP contribution in [-0.4, -0.2) is 13.4 Å². The van der Waals surface area contributed by atoms with Gasteiger partial charge in [0, 0.05) is 0 Å². The molecule has 21 heavy (non-hydrogen) atoms. The van der Waals surface area contributed by atoms with Crippen molar-refractivity contribution >= 4 is 33.3 Å². The molecule has 0 aliphatic carbocycles. The van der Waals surface area contributed by atoms with Crippen LogP contribution >= 0.6 is 23.2 Å². The van der Waals surface area contributed by atoms with Crippen molar-refractivity contribution < 1.29 is 12.6 Å². The van der Waals surface area contributed by atoms with Crippen LogP contribution < -0.4 is 4.18 Å². The first-order chi connectivity index (χ1) is 9.72. The largest absolute Gasteiger partial charge is 0.376 e. The summed E-state index contributed by atoms with van der Waals surface area (Å²) in [4.78, 5) is 4.14. The lowest BCUT2D eigenvalue weighted by Crippen LogP contribution is -2.11. The third-order valence-corrected chi connectivity index (χ3v) is 5.00. The number of hydrogen-bond donors (Lipinski definition) is 0. The normalized spacial score (nSPS) is 11.5. The first-order valence-electron chi connectivity index (χ1n) is 6.05. The molecule has 2 aromatic rings. The van der Waals surface area contributed by atoms with Gasteiger partial charge >= 0.3 is 10.1 Å². The maximum absolute atomic E-state index is 12.3. The summed E-state index contributed by atoms with van der Waals surface area (Å²) < 4.78 is 29.7. The van der Waals surface area contributed by atoms with E-state index in [1.54, 1.807) is 26.0 Å². The molecule has 0 saturated heterocycles. The molecule has 0 unspecified atom stereocenters. The number of rotatable bonds is 3. The fourth-order valence-corrected chi connectivity index (χ4v) is 3.15. The molecule has 0 aliphatic heterocycles. The number of benzene rings is 1. The van der Waals surface area contributed by atoms with Crippen LogP contribution in [0.2, 0.25) is 10.0 Å². The monoisotopic (exact) mass is 345 g/mol. The van der Waals surface area contributed by atoms with Gasteiger partial charge in [0.05, 0.1) is 11.4 Å². The Morgan fingerprint density at radius 1 is 0.952 bits per heavy atom.